The van der Waals surface area contributed by atoms with Crippen molar-refractivity contribution in [3.63, 3.8) is 0 Å². The number of benzene rings is 2. The molecular weight excluding hydrogens is 477 g/mol. The van der Waals surface area contributed by atoms with Gasteiger partial charge in [0, 0.05) is 14.1 Å². The maximum Gasteiger partial charge on any atom is 0.416 e. The van der Waals surface area contributed by atoms with Crippen molar-refractivity contribution in [3.05, 3.63) is 53.1 Å². The van der Waals surface area contributed by atoms with Crippen LogP contribution in [0.4, 0.5) is 18.9 Å². The highest BCUT2D eigenvalue weighted by Gasteiger charge is 2.30. The summed E-state index contributed by atoms with van der Waals surface area (Å²) in [5, 5.41) is 2.37. The molecule has 2 aromatic rings. The normalized spacial score (nSPS) is 11.8. The average molecular weight is 495 g/mol. The molecule has 0 heterocycles. The molecule has 0 aliphatic heterocycles. The molecule has 8 nitrogen and oxygen atoms in total. The monoisotopic (exact) mass is 494 g/mol. The van der Waals surface area contributed by atoms with Crippen molar-refractivity contribution in [1.29, 1.82) is 0 Å². The number of nitrogens with zero attached hydrogens (tertiary/aromatic N) is 1. The number of amides is 1. The number of alkyl halides is 3. The first-order valence-corrected chi connectivity index (χ1v) is 10.6. The van der Waals surface area contributed by atoms with Gasteiger partial charge in [-0.15, -0.1) is 0 Å². The Hall–Kier alpha value is -2.83. The lowest BCUT2D eigenvalue weighted by molar-refractivity contribution is -0.149. The molecule has 0 aromatic heterocycles. The van der Waals surface area contributed by atoms with E-state index >= 15 is 0 Å². The van der Waals surface area contributed by atoms with E-state index in [4.69, 9.17) is 21.1 Å². The van der Waals surface area contributed by atoms with Gasteiger partial charge < -0.3 is 14.8 Å². The van der Waals surface area contributed by atoms with E-state index in [1.54, 1.807) is 0 Å². The predicted molar refractivity (Wildman–Crippen MR) is 109 cm³/mol. The number of sulfonamides is 1. The topological polar surface area (TPSA) is 102 Å². The Kier molecular flexibility index (Phi) is 8.10. The van der Waals surface area contributed by atoms with E-state index in [-0.39, 0.29) is 21.4 Å². The van der Waals surface area contributed by atoms with Crippen LogP contribution in [0.25, 0.3) is 0 Å². The van der Waals surface area contributed by atoms with Crippen LogP contribution in [0.2, 0.25) is 5.02 Å². The minimum absolute atomic E-state index is 0.0177. The number of halogens is 4. The van der Waals surface area contributed by atoms with Crippen molar-refractivity contribution < 1.29 is 40.7 Å². The summed E-state index contributed by atoms with van der Waals surface area (Å²) in [4.78, 5) is 23.6. The van der Waals surface area contributed by atoms with Crippen molar-refractivity contribution >= 4 is 39.2 Å². The van der Waals surface area contributed by atoms with E-state index < -0.39 is 46.9 Å². The number of anilines is 1. The zero-order valence-electron chi connectivity index (χ0n) is 16.8. The SMILES string of the molecule is CN(C)S(=O)(=O)c1ccc(Cl)c(NC(=O)COC(=O)COc2cccc(C(F)(F)F)c2)c1. The molecule has 2 rings (SSSR count). The van der Waals surface area contributed by atoms with E-state index in [1.807, 2.05) is 0 Å². The number of rotatable bonds is 8. The molecule has 13 heteroatoms. The summed E-state index contributed by atoms with van der Waals surface area (Å²) in [6.07, 6.45) is -4.57. The van der Waals surface area contributed by atoms with Crippen molar-refractivity contribution in [2.24, 2.45) is 0 Å². The van der Waals surface area contributed by atoms with Crippen LogP contribution < -0.4 is 10.1 Å². The first kappa shape index (κ1) is 25.4. The Balaban J connectivity index is 1.91. The van der Waals surface area contributed by atoms with Crippen molar-refractivity contribution in [2.45, 2.75) is 11.1 Å². The molecule has 0 saturated heterocycles. The standard InChI is InChI=1S/C19H18ClF3N2O6S/c1-25(2)32(28,29)14-6-7-15(20)16(9-14)24-17(26)10-31-18(27)11-30-13-5-3-4-12(8-13)19(21,22)23/h3-9H,10-11H2,1-2H3,(H,24,26). The van der Waals surface area contributed by atoms with Crippen molar-refractivity contribution in [1.82, 2.24) is 4.31 Å². The zero-order valence-corrected chi connectivity index (χ0v) is 18.3. The van der Waals surface area contributed by atoms with E-state index in [0.717, 1.165) is 28.6 Å². The lowest BCUT2D eigenvalue weighted by Crippen LogP contribution is -2.24. The quantitative estimate of drug-likeness (QED) is 0.566. The number of carbonyl (C=O) groups excluding carboxylic acids is 2. The Labute approximate surface area is 186 Å². The van der Waals surface area contributed by atoms with Gasteiger partial charge in [-0.1, -0.05) is 17.7 Å². The third-order valence-electron chi connectivity index (χ3n) is 3.87. The van der Waals surface area contributed by atoms with Gasteiger partial charge in [-0.25, -0.2) is 17.5 Å². The molecule has 174 valence electrons. The lowest BCUT2D eigenvalue weighted by atomic mass is 10.2. The summed E-state index contributed by atoms with van der Waals surface area (Å²) in [6.45, 7) is -1.49. The van der Waals surface area contributed by atoms with E-state index in [9.17, 15) is 31.2 Å². The third kappa shape index (κ3) is 6.84. The molecule has 1 amide bonds. The second-order valence-corrected chi connectivity index (χ2v) is 9.01. The number of esters is 1. The van der Waals surface area contributed by atoms with Gasteiger partial charge in [0.05, 0.1) is 21.2 Å². The van der Waals surface area contributed by atoms with Gasteiger partial charge in [0.15, 0.2) is 13.2 Å². The van der Waals surface area contributed by atoms with Crippen LogP contribution >= 0.6 is 11.6 Å². The van der Waals surface area contributed by atoms with Crippen LogP contribution in [0.1, 0.15) is 5.56 Å². The Morgan fingerprint density at radius 2 is 1.78 bits per heavy atom. The highest BCUT2D eigenvalue weighted by atomic mass is 35.5. The fourth-order valence-corrected chi connectivity index (χ4v) is 3.34. The zero-order chi connectivity index (χ0) is 24.1. The summed E-state index contributed by atoms with van der Waals surface area (Å²) >= 11 is 5.96. The first-order chi connectivity index (χ1) is 14.8. The molecule has 0 fully saturated rings. The fourth-order valence-electron chi connectivity index (χ4n) is 2.25. The van der Waals surface area contributed by atoms with Crippen LogP contribution in [0.3, 0.4) is 0 Å². The molecule has 0 saturated carbocycles. The third-order valence-corrected chi connectivity index (χ3v) is 6.01. The molecule has 0 bridgehead atoms. The summed E-state index contributed by atoms with van der Waals surface area (Å²) < 4.78 is 73.0. The van der Waals surface area contributed by atoms with Gasteiger partial charge in [-0.2, -0.15) is 13.2 Å². The van der Waals surface area contributed by atoms with E-state index in [1.165, 1.54) is 32.3 Å². The number of hydrogen-bond donors (Lipinski definition) is 1. The Bertz CT molecular complexity index is 1110. The molecular formula is C19H18ClF3N2O6S. The van der Waals surface area contributed by atoms with Crippen LogP contribution in [0.5, 0.6) is 5.75 Å². The smallest absolute Gasteiger partial charge is 0.416 e. The Morgan fingerprint density at radius 3 is 2.41 bits per heavy atom. The molecule has 0 aliphatic carbocycles. The van der Waals surface area contributed by atoms with Crippen LogP contribution in [0.15, 0.2) is 47.4 Å². The summed E-state index contributed by atoms with van der Waals surface area (Å²) in [6, 6.07) is 7.60. The predicted octanol–water partition coefficient (Wildman–Crippen LogP) is 3.17. The van der Waals surface area contributed by atoms with Gasteiger partial charge in [0.25, 0.3) is 5.91 Å². The highest BCUT2D eigenvalue weighted by Crippen LogP contribution is 2.31. The van der Waals surface area contributed by atoms with Crippen LogP contribution in [-0.2, 0) is 30.5 Å². The van der Waals surface area contributed by atoms with Crippen LogP contribution in [0, 0.1) is 0 Å². The molecule has 0 aliphatic rings. The molecule has 0 unspecified atom stereocenters. The second-order valence-electron chi connectivity index (χ2n) is 6.45. The fraction of sp³-hybridized carbons (Fsp3) is 0.263. The number of carbonyl (C=O) groups is 2. The molecule has 32 heavy (non-hydrogen) atoms. The van der Waals surface area contributed by atoms with Crippen molar-refractivity contribution in [3.8, 4) is 5.75 Å². The van der Waals surface area contributed by atoms with Gasteiger partial charge in [-0.3, -0.25) is 4.79 Å². The van der Waals surface area contributed by atoms with Crippen LogP contribution in [-0.4, -0.2) is 51.9 Å². The summed E-state index contributed by atoms with van der Waals surface area (Å²) in [5.74, 6) is -2.03. The maximum atomic E-state index is 12.7. The largest absolute Gasteiger partial charge is 0.482 e. The lowest BCUT2D eigenvalue weighted by Gasteiger charge is -2.14. The van der Waals surface area contributed by atoms with E-state index in [0.29, 0.717) is 0 Å². The molecule has 0 spiro atoms. The van der Waals surface area contributed by atoms with Gasteiger partial charge in [0.1, 0.15) is 5.75 Å². The number of nitrogens with one attached hydrogen (secondary N) is 1. The highest BCUT2D eigenvalue weighted by molar-refractivity contribution is 7.89. The summed E-state index contributed by atoms with van der Waals surface area (Å²) in [7, 11) is -1.10. The average Bonchev–Trinajstić information content (AvgIpc) is 2.71. The van der Waals surface area contributed by atoms with Gasteiger partial charge >= 0.3 is 12.1 Å². The number of ether oxygens (including phenoxy) is 2. The molecule has 2 aromatic carbocycles. The molecule has 1 N–H and O–H groups in total. The molecule has 0 radical (unpaired) electrons. The van der Waals surface area contributed by atoms with E-state index in [2.05, 4.69) is 5.32 Å². The van der Waals surface area contributed by atoms with Gasteiger partial charge in [-0.05, 0) is 36.4 Å². The second kappa shape index (κ2) is 10.2. The summed E-state index contributed by atoms with van der Waals surface area (Å²) in [5.41, 5.74) is -0.964. The minimum atomic E-state index is -4.57. The van der Waals surface area contributed by atoms with Gasteiger partial charge in [0.2, 0.25) is 10.0 Å². The maximum absolute atomic E-state index is 12.7. The Morgan fingerprint density at radius 1 is 1.09 bits per heavy atom. The van der Waals surface area contributed by atoms with Crippen molar-refractivity contribution in [2.75, 3.05) is 32.6 Å². The minimum Gasteiger partial charge on any atom is -0.482 e. The molecule has 0 atom stereocenters. The first-order valence-electron chi connectivity index (χ1n) is 8.78. The number of hydrogen-bond acceptors (Lipinski definition) is 6.